The first kappa shape index (κ1) is 16.6. The second kappa shape index (κ2) is 6.00. The smallest absolute Gasteiger partial charge is 0.410 e. The molecule has 1 fully saturated rings. The molecule has 2 aliphatic heterocycles. The minimum atomic E-state index is -0.446. The molecular formula is C18H24BrNO3. The minimum Gasteiger partial charge on any atom is -0.487 e. The maximum atomic E-state index is 12.2. The molecule has 0 atom stereocenters. The van der Waals surface area contributed by atoms with Crippen LogP contribution in [0, 0.1) is 0 Å². The van der Waals surface area contributed by atoms with E-state index in [0.717, 1.165) is 35.9 Å². The molecule has 0 N–H and O–H groups in total. The molecule has 0 unspecified atom stereocenters. The van der Waals surface area contributed by atoms with Gasteiger partial charge in [-0.3, -0.25) is 0 Å². The molecule has 0 saturated carbocycles. The van der Waals surface area contributed by atoms with Gasteiger partial charge in [0.1, 0.15) is 17.0 Å². The van der Waals surface area contributed by atoms with Gasteiger partial charge in [-0.1, -0.05) is 22.0 Å². The maximum absolute atomic E-state index is 12.2. The summed E-state index contributed by atoms with van der Waals surface area (Å²) < 4.78 is 12.9. The van der Waals surface area contributed by atoms with Crippen LogP contribution in [0.25, 0.3) is 0 Å². The van der Waals surface area contributed by atoms with Crippen molar-refractivity contribution in [2.75, 3.05) is 13.1 Å². The van der Waals surface area contributed by atoms with Crippen molar-refractivity contribution >= 4 is 22.0 Å². The van der Waals surface area contributed by atoms with Gasteiger partial charge in [0.05, 0.1) is 0 Å². The van der Waals surface area contributed by atoms with Crippen molar-refractivity contribution in [2.45, 2.75) is 57.7 Å². The number of hydrogen-bond donors (Lipinski definition) is 0. The molecule has 2 aliphatic rings. The fraction of sp³-hybridized carbons (Fsp3) is 0.611. The Labute approximate surface area is 146 Å². The molecule has 4 nitrogen and oxygen atoms in total. The van der Waals surface area contributed by atoms with Gasteiger partial charge in [-0.2, -0.15) is 0 Å². The Morgan fingerprint density at radius 2 is 1.96 bits per heavy atom. The molecule has 5 heteroatoms. The van der Waals surface area contributed by atoms with Gasteiger partial charge in [0, 0.05) is 30.4 Å². The number of amides is 1. The van der Waals surface area contributed by atoms with Gasteiger partial charge in [-0.15, -0.1) is 0 Å². The molecule has 1 aromatic carbocycles. The zero-order chi connectivity index (χ0) is 16.7. The van der Waals surface area contributed by atoms with E-state index in [1.165, 1.54) is 5.56 Å². The molecule has 1 saturated heterocycles. The van der Waals surface area contributed by atoms with Crippen LogP contribution in [0.5, 0.6) is 5.75 Å². The number of hydrogen-bond acceptors (Lipinski definition) is 3. The van der Waals surface area contributed by atoms with E-state index in [1.54, 1.807) is 4.90 Å². The Morgan fingerprint density at radius 3 is 2.61 bits per heavy atom. The Bertz CT molecular complexity index is 601. The van der Waals surface area contributed by atoms with Gasteiger partial charge in [-0.25, -0.2) is 4.79 Å². The zero-order valence-corrected chi connectivity index (χ0v) is 15.6. The van der Waals surface area contributed by atoms with Crippen molar-refractivity contribution in [3.63, 3.8) is 0 Å². The monoisotopic (exact) mass is 381 g/mol. The Balaban J connectivity index is 1.64. The number of rotatable bonds is 0. The maximum Gasteiger partial charge on any atom is 0.410 e. The largest absolute Gasteiger partial charge is 0.487 e. The minimum absolute atomic E-state index is 0.133. The molecule has 1 amide bonds. The van der Waals surface area contributed by atoms with Crippen molar-refractivity contribution in [3.8, 4) is 5.75 Å². The number of benzene rings is 1. The van der Waals surface area contributed by atoms with Crippen molar-refractivity contribution in [3.05, 3.63) is 28.2 Å². The molecule has 0 aromatic heterocycles. The number of aryl methyl sites for hydroxylation is 1. The number of fused-ring (bicyclic) bond motifs is 1. The van der Waals surface area contributed by atoms with Crippen molar-refractivity contribution in [1.82, 2.24) is 4.90 Å². The van der Waals surface area contributed by atoms with Crippen LogP contribution in [0.2, 0.25) is 0 Å². The van der Waals surface area contributed by atoms with E-state index in [2.05, 4.69) is 34.1 Å². The molecule has 0 radical (unpaired) electrons. The number of likely N-dealkylation sites (tertiary alicyclic amines) is 1. The molecule has 126 valence electrons. The van der Waals surface area contributed by atoms with Crippen LogP contribution in [0.1, 0.15) is 45.6 Å². The first-order chi connectivity index (χ1) is 10.8. The number of halogens is 1. The first-order valence-electron chi connectivity index (χ1n) is 8.22. The SMILES string of the molecule is CC(C)(C)OC(=O)N1CCC2(CCc3ccc(Br)cc3O2)CC1. The third-order valence-electron chi connectivity index (χ3n) is 4.53. The van der Waals surface area contributed by atoms with Crippen LogP contribution in [0.4, 0.5) is 4.79 Å². The van der Waals surface area contributed by atoms with E-state index in [1.807, 2.05) is 20.8 Å². The second-order valence-electron chi connectivity index (χ2n) is 7.50. The van der Waals surface area contributed by atoms with E-state index in [-0.39, 0.29) is 11.7 Å². The third kappa shape index (κ3) is 3.82. The average Bonchev–Trinajstić information content (AvgIpc) is 2.45. The highest BCUT2D eigenvalue weighted by Crippen LogP contribution is 2.40. The highest BCUT2D eigenvalue weighted by atomic mass is 79.9. The fourth-order valence-corrected chi connectivity index (χ4v) is 3.59. The van der Waals surface area contributed by atoms with Gasteiger partial charge in [0.25, 0.3) is 0 Å². The predicted molar refractivity (Wildman–Crippen MR) is 92.9 cm³/mol. The van der Waals surface area contributed by atoms with Crippen LogP contribution in [0.15, 0.2) is 22.7 Å². The summed E-state index contributed by atoms with van der Waals surface area (Å²) in [6.07, 6.45) is 3.56. The molecule has 0 bridgehead atoms. The fourth-order valence-electron chi connectivity index (χ4n) is 3.25. The summed E-state index contributed by atoms with van der Waals surface area (Å²) in [6.45, 7) is 7.08. The summed E-state index contributed by atoms with van der Waals surface area (Å²) in [6, 6.07) is 6.24. The van der Waals surface area contributed by atoms with E-state index >= 15 is 0 Å². The Hall–Kier alpha value is -1.23. The van der Waals surface area contributed by atoms with Crippen molar-refractivity contribution in [1.29, 1.82) is 0 Å². The molecular weight excluding hydrogens is 358 g/mol. The highest BCUT2D eigenvalue weighted by molar-refractivity contribution is 9.10. The number of carbonyl (C=O) groups is 1. The standard InChI is InChI=1S/C18H24BrNO3/c1-17(2,3)23-16(21)20-10-8-18(9-11-20)7-6-13-4-5-14(19)12-15(13)22-18/h4-5,12H,6-11H2,1-3H3. The Morgan fingerprint density at radius 1 is 1.26 bits per heavy atom. The molecule has 1 spiro atoms. The molecule has 3 rings (SSSR count). The van der Waals surface area contributed by atoms with Gasteiger partial charge in [-0.05, 0) is 51.3 Å². The predicted octanol–water partition coefficient (Wildman–Crippen LogP) is 4.54. The van der Waals surface area contributed by atoms with Crippen LogP contribution in [-0.2, 0) is 11.2 Å². The van der Waals surface area contributed by atoms with Gasteiger partial charge in [0.2, 0.25) is 0 Å². The van der Waals surface area contributed by atoms with Crippen molar-refractivity contribution in [2.24, 2.45) is 0 Å². The average molecular weight is 382 g/mol. The summed E-state index contributed by atoms with van der Waals surface area (Å²) in [5, 5.41) is 0. The van der Waals surface area contributed by atoms with Crippen LogP contribution < -0.4 is 4.74 Å². The molecule has 2 heterocycles. The van der Waals surface area contributed by atoms with Crippen LogP contribution in [0.3, 0.4) is 0 Å². The lowest BCUT2D eigenvalue weighted by Gasteiger charge is -2.44. The topological polar surface area (TPSA) is 38.8 Å². The summed E-state index contributed by atoms with van der Waals surface area (Å²) in [4.78, 5) is 14.0. The number of ether oxygens (including phenoxy) is 2. The second-order valence-corrected chi connectivity index (χ2v) is 8.42. The first-order valence-corrected chi connectivity index (χ1v) is 9.01. The summed E-state index contributed by atoms with van der Waals surface area (Å²) in [5.74, 6) is 0.983. The lowest BCUT2D eigenvalue weighted by Crippen LogP contribution is -2.52. The lowest BCUT2D eigenvalue weighted by molar-refractivity contribution is -0.0272. The van der Waals surface area contributed by atoms with Gasteiger partial charge < -0.3 is 14.4 Å². The number of piperidine rings is 1. The Kier molecular flexibility index (Phi) is 4.34. The summed E-state index contributed by atoms with van der Waals surface area (Å²) >= 11 is 3.51. The van der Waals surface area contributed by atoms with E-state index in [0.29, 0.717) is 13.1 Å². The zero-order valence-electron chi connectivity index (χ0n) is 14.0. The van der Waals surface area contributed by atoms with Crippen molar-refractivity contribution < 1.29 is 14.3 Å². The third-order valence-corrected chi connectivity index (χ3v) is 5.03. The number of nitrogens with zero attached hydrogens (tertiary/aromatic N) is 1. The molecule has 1 aromatic rings. The van der Waals surface area contributed by atoms with E-state index < -0.39 is 5.60 Å². The van der Waals surface area contributed by atoms with Crippen LogP contribution >= 0.6 is 15.9 Å². The molecule has 23 heavy (non-hydrogen) atoms. The van der Waals surface area contributed by atoms with Gasteiger partial charge in [0.15, 0.2) is 0 Å². The summed E-state index contributed by atoms with van der Waals surface area (Å²) in [5.41, 5.74) is 0.693. The van der Waals surface area contributed by atoms with Gasteiger partial charge >= 0.3 is 6.09 Å². The van der Waals surface area contributed by atoms with Crippen LogP contribution in [-0.4, -0.2) is 35.3 Å². The quantitative estimate of drug-likeness (QED) is 0.661. The summed E-state index contributed by atoms with van der Waals surface area (Å²) in [7, 11) is 0. The molecule has 0 aliphatic carbocycles. The van der Waals surface area contributed by atoms with E-state index in [4.69, 9.17) is 9.47 Å². The normalized spacial score (nSPS) is 19.9. The number of carbonyl (C=O) groups excluding carboxylic acids is 1. The van der Waals surface area contributed by atoms with E-state index in [9.17, 15) is 4.79 Å². The lowest BCUT2D eigenvalue weighted by atomic mass is 9.83. The highest BCUT2D eigenvalue weighted by Gasteiger charge is 2.41.